The number of carbonyl (C=O) groups excluding carboxylic acids is 2. The van der Waals surface area contributed by atoms with Crippen LogP contribution in [-0.4, -0.2) is 25.0 Å². The molecule has 0 spiro atoms. The largest absolute Gasteiger partial charge is 0.493 e. The van der Waals surface area contributed by atoms with Gasteiger partial charge in [-0.05, 0) is 6.42 Å². The summed E-state index contributed by atoms with van der Waals surface area (Å²) >= 11 is 0. The highest BCUT2D eigenvalue weighted by Crippen LogP contribution is 2.35. The minimum atomic E-state index is -0.285. The lowest BCUT2D eigenvalue weighted by Gasteiger charge is -2.12. The molecule has 82 valence electrons. The van der Waals surface area contributed by atoms with Crippen molar-refractivity contribution in [3.8, 4) is 0 Å². The SMILES string of the molecule is COC(=O)CC1CC2=C(CCCC2=O)O1. The van der Waals surface area contributed by atoms with E-state index in [1.807, 2.05) is 0 Å². The molecule has 0 N–H and O–H groups in total. The van der Waals surface area contributed by atoms with Gasteiger partial charge in [0.2, 0.25) is 0 Å². The average Bonchev–Trinajstić information content (AvgIpc) is 2.62. The second-order valence-corrected chi connectivity index (χ2v) is 3.90. The van der Waals surface area contributed by atoms with Gasteiger partial charge in [0.25, 0.3) is 0 Å². The Balaban J connectivity index is 1.98. The fraction of sp³-hybridized carbons (Fsp3) is 0.636. The zero-order valence-electron chi connectivity index (χ0n) is 8.75. The fourth-order valence-electron chi connectivity index (χ4n) is 2.08. The van der Waals surface area contributed by atoms with E-state index in [0.29, 0.717) is 12.8 Å². The summed E-state index contributed by atoms with van der Waals surface area (Å²) in [6.45, 7) is 0. The highest BCUT2D eigenvalue weighted by Gasteiger charge is 2.33. The molecule has 1 aliphatic carbocycles. The van der Waals surface area contributed by atoms with Gasteiger partial charge in [0.1, 0.15) is 11.9 Å². The van der Waals surface area contributed by atoms with Crippen LogP contribution >= 0.6 is 0 Å². The summed E-state index contributed by atoms with van der Waals surface area (Å²) in [5, 5.41) is 0. The van der Waals surface area contributed by atoms with Gasteiger partial charge in [-0.25, -0.2) is 0 Å². The predicted molar refractivity (Wildman–Crippen MR) is 52.0 cm³/mol. The van der Waals surface area contributed by atoms with Gasteiger partial charge in [-0.15, -0.1) is 0 Å². The number of hydrogen-bond acceptors (Lipinski definition) is 4. The summed E-state index contributed by atoms with van der Waals surface area (Å²) in [5.41, 5.74) is 0.801. The molecule has 0 radical (unpaired) electrons. The van der Waals surface area contributed by atoms with Crippen LogP contribution in [0.1, 0.15) is 32.1 Å². The molecule has 0 aromatic carbocycles. The zero-order valence-corrected chi connectivity index (χ0v) is 8.75. The Labute approximate surface area is 88.2 Å². The van der Waals surface area contributed by atoms with Crippen molar-refractivity contribution in [1.29, 1.82) is 0 Å². The third kappa shape index (κ3) is 2.03. The Bertz CT molecular complexity index is 329. The second-order valence-electron chi connectivity index (χ2n) is 3.90. The highest BCUT2D eigenvalue weighted by atomic mass is 16.5. The molecule has 0 bridgehead atoms. The number of methoxy groups -OCH3 is 1. The average molecular weight is 210 g/mol. The molecule has 1 heterocycles. The van der Waals surface area contributed by atoms with Gasteiger partial charge in [-0.3, -0.25) is 9.59 Å². The minimum absolute atomic E-state index is 0.184. The first-order chi connectivity index (χ1) is 7.20. The Morgan fingerprint density at radius 3 is 3.00 bits per heavy atom. The first-order valence-corrected chi connectivity index (χ1v) is 5.19. The van der Waals surface area contributed by atoms with Crippen LogP contribution in [-0.2, 0) is 19.1 Å². The van der Waals surface area contributed by atoms with Crippen LogP contribution in [0.15, 0.2) is 11.3 Å². The van der Waals surface area contributed by atoms with E-state index in [4.69, 9.17) is 4.74 Å². The molecule has 0 saturated carbocycles. The van der Waals surface area contributed by atoms with Gasteiger partial charge in [-0.1, -0.05) is 0 Å². The van der Waals surface area contributed by atoms with E-state index in [1.165, 1.54) is 7.11 Å². The molecule has 15 heavy (non-hydrogen) atoms. The zero-order chi connectivity index (χ0) is 10.8. The predicted octanol–water partition coefficient (Wildman–Crippen LogP) is 1.35. The van der Waals surface area contributed by atoms with Crippen LogP contribution in [0.2, 0.25) is 0 Å². The van der Waals surface area contributed by atoms with Crippen LogP contribution in [0.3, 0.4) is 0 Å². The molecule has 2 aliphatic rings. The van der Waals surface area contributed by atoms with E-state index in [0.717, 1.165) is 24.2 Å². The molecule has 0 amide bonds. The fourth-order valence-corrected chi connectivity index (χ4v) is 2.08. The Kier molecular flexibility index (Phi) is 2.75. The summed E-state index contributed by atoms with van der Waals surface area (Å²) in [4.78, 5) is 22.6. The Morgan fingerprint density at radius 1 is 1.53 bits per heavy atom. The molecule has 1 unspecified atom stereocenters. The summed E-state index contributed by atoms with van der Waals surface area (Å²) in [5.74, 6) is 0.705. The van der Waals surface area contributed by atoms with E-state index in [2.05, 4.69) is 4.74 Å². The van der Waals surface area contributed by atoms with Gasteiger partial charge in [0, 0.05) is 24.8 Å². The van der Waals surface area contributed by atoms with Crippen molar-refractivity contribution >= 4 is 11.8 Å². The van der Waals surface area contributed by atoms with Crippen molar-refractivity contribution in [1.82, 2.24) is 0 Å². The van der Waals surface area contributed by atoms with Crippen LogP contribution < -0.4 is 0 Å². The number of allylic oxidation sites excluding steroid dienone is 1. The summed E-state index contributed by atoms with van der Waals surface area (Å²) in [7, 11) is 1.36. The number of ether oxygens (including phenoxy) is 2. The van der Waals surface area contributed by atoms with Crippen LogP contribution in [0.4, 0.5) is 0 Å². The minimum Gasteiger partial charge on any atom is -0.493 e. The molecule has 1 atom stereocenters. The lowest BCUT2D eigenvalue weighted by Crippen LogP contribution is -2.14. The van der Waals surface area contributed by atoms with Gasteiger partial charge < -0.3 is 9.47 Å². The standard InChI is InChI=1S/C11H14O4/c1-14-11(13)6-7-5-8-9(12)3-2-4-10(8)15-7/h7H,2-6H2,1H3. The number of carbonyl (C=O) groups is 2. The van der Waals surface area contributed by atoms with Crippen molar-refractivity contribution in [3.05, 3.63) is 11.3 Å². The molecule has 0 saturated heterocycles. The van der Waals surface area contributed by atoms with Crippen molar-refractivity contribution in [3.63, 3.8) is 0 Å². The maximum atomic E-state index is 11.5. The Morgan fingerprint density at radius 2 is 2.33 bits per heavy atom. The number of ketones is 1. The molecular formula is C11H14O4. The summed E-state index contributed by atoms with van der Waals surface area (Å²) < 4.78 is 10.1. The van der Waals surface area contributed by atoms with Gasteiger partial charge in [0.15, 0.2) is 5.78 Å². The number of rotatable bonds is 2. The maximum absolute atomic E-state index is 11.5. The van der Waals surface area contributed by atoms with E-state index < -0.39 is 0 Å². The molecule has 0 fully saturated rings. The lowest BCUT2D eigenvalue weighted by molar-refractivity contribution is -0.142. The molecule has 0 aromatic rings. The van der Waals surface area contributed by atoms with Gasteiger partial charge in [-0.2, -0.15) is 0 Å². The van der Waals surface area contributed by atoms with Gasteiger partial charge in [0.05, 0.1) is 13.5 Å². The normalized spacial score (nSPS) is 24.9. The molecule has 4 heteroatoms. The van der Waals surface area contributed by atoms with Crippen LogP contribution in [0.5, 0.6) is 0 Å². The number of Topliss-reactive ketones (excluding diaryl/α,β-unsaturated/α-hetero) is 1. The summed E-state index contributed by atoms with van der Waals surface area (Å²) in [6.07, 6.45) is 2.93. The number of hydrogen-bond donors (Lipinski definition) is 0. The van der Waals surface area contributed by atoms with Crippen molar-refractivity contribution in [2.24, 2.45) is 0 Å². The highest BCUT2D eigenvalue weighted by molar-refractivity contribution is 5.97. The summed E-state index contributed by atoms with van der Waals surface area (Å²) in [6, 6.07) is 0. The third-order valence-corrected chi connectivity index (χ3v) is 2.84. The number of esters is 1. The van der Waals surface area contributed by atoms with E-state index >= 15 is 0 Å². The van der Waals surface area contributed by atoms with Crippen LogP contribution in [0.25, 0.3) is 0 Å². The Hall–Kier alpha value is -1.32. The van der Waals surface area contributed by atoms with E-state index in [9.17, 15) is 9.59 Å². The quantitative estimate of drug-likeness (QED) is 0.645. The smallest absolute Gasteiger partial charge is 0.309 e. The van der Waals surface area contributed by atoms with Gasteiger partial charge >= 0.3 is 5.97 Å². The molecule has 1 aliphatic heterocycles. The molecule has 0 aromatic heterocycles. The maximum Gasteiger partial charge on any atom is 0.309 e. The monoisotopic (exact) mass is 210 g/mol. The van der Waals surface area contributed by atoms with Crippen LogP contribution in [0, 0.1) is 0 Å². The van der Waals surface area contributed by atoms with Crippen molar-refractivity contribution in [2.45, 2.75) is 38.2 Å². The van der Waals surface area contributed by atoms with E-state index in [1.54, 1.807) is 0 Å². The van der Waals surface area contributed by atoms with E-state index in [-0.39, 0.29) is 24.3 Å². The lowest BCUT2D eigenvalue weighted by atomic mass is 9.94. The van der Waals surface area contributed by atoms with Crippen molar-refractivity contribution in [2.75, 3.05) is 7.11 Å². The molecular weight excluding hydrogens is 196 g/mol. The van der Waals surface area contributed by atoms with Crippen molar-refractivity contribution < 1.29 is 19.1 Å². The second kappa shape index (κ2) is 4.04. The topological polar surface area (TPSA) is 52.6 Å². The molecule has 2 rings (SSSR count). The first-order valence-electron chi connectivity index (χ1n) is 5.19. The third-order valence-electron chi connectivity index (χ3n) is 2.84. The molecule has 4 nitrogen and oxygen atoms in total. The first kappa shape index (κ1) is 10.2.